The normalized spacial score (nSPS) is 42.4. The van der Waals surface area contributed by atoms with Crippen molar-refractivity contribution in [1.82, 2.24) is 0 Å². The van der Waals surface area contributed by atoms with Crippen LogP contribution < -0.4 is 0 Å². The fourth-order valence-electron chi connectivity index (χ4n) is 5.95. The smallest absolute Gasteiger partial charge is 0.166 e. The fraction of sp³-hybridized carbons (Fsp3) is 0.524. The average molecular weight is 341 g/mol. The summed E-state index contributed by atoms with van der Waals surface area (Å²) in [5.74, 6) is 2.24. The van der Waals surface area contributed by atoms with Gasteiger partial charge in [-0.15, -0.1) is 11.5 Å². The first-order valence-corrected chi connectivity index (χ1v) is 12.1. The lowest BCUT2D eigenvalue weighted by Gasteiger charge is -2.44. The molecule has 0 saturated heterocycles. The lowest BCUT2D eigenvalue weighted by atomic mass is 10.0. The molecule has 0 aromatic rings. The molecule has 4 bridgehead atoms. The molecule has 2 heteroatoms. The van der Waals surface area contributed by atoms with E-state index in [2.05, 4.69) is 62.8 Å². The molecule has 0 heterocycles. The highest BCUT2D eigenvalue weighted by atomic mass is 35.6. The maximum atomic E-state index is 7.73. The van der Waals surface area contributed by atoms with E-state index in [4.69, 9.17) is 11.1 Å². The number of rotatable bonds is 3. The molecule has 23 heavy (non-hydrogen) atoms. The largest absolute Gasteiger partial charge is 0.168 e. The minimum Gasteiger partial charge on any atom is -0.166 e. The molecule has 2 fully saturated rings. The first-order valence-electron chi connectivity index (χ1n) is 8.85. The summed E-state index contributed by atoms with van der Waals surface area (Å²) in [6.07, 6.45) is 11.9. The van der Waals surface area contributed by atoms with E-state index >= 15 is 0 Å². The Morgan fingerprint density at radius 3 is 1.70 bits per heavy atom. The van der Waals surface area contributed by atoms with Crippen LogP contribution in [-0.2, 0) is 0 Å². The Morgan fingerprint density at radius 2 is 1.39 bits per heavy atom. The van der Waals surface area contributed by atoms with Crippen molar-refractivity contribution in [3.05, 3.63) is 60.1 Å². The molecule has 6 atom stereocenters. The number of fused-ring (bicyclic) bond motifs is 4. The fourth-order valence-corrected chi connectivity index (χ4v) is 13.2. The van der Waals surface area contributed by atoms with Crippen LogP contribution in [0.25, 0.3) is 0 Å². The lowest BCUT2D eigenvalue weighted by Crippen LogP contribution is -2.46. The van der Waals surface area contributed by atoms with Gasteiger partial charge in [0, 0.05) is 11.8 Å². The van der Waals surface area contributed by atoms with Crippen molar-refractivity contribution in [3.8, 4) is 0 Å². The molecule has 0 radical (unpaired) electrons. The van der Waals surface area contributed by atoms with Gasteiger partial charge in [-0.25, -0.2) is 0 Å². The maximum Gasteiger partial charge on any atom is 0.168 e. The van der Waals surface area contributed by atoms with E-state index in [1.54, 1.807) is 0 Å². The van der Waals surface area contributed by atoms with Crippen molar-refractivity contribution in [2.75, 3.05) is 0 Å². The van der Waals surface area contributed by atoms with Gasteiger partial charge in [-0.1, -0.05) is 51.3 Å². The first-order chi connectivity index (χ1) is 11.0. The third kappa shape index (κ3) is 1.92. The SMILES string of the molecule is C=C=C1CC2C=CC1C2[Si](Cl)(C(C)C)C1C2C=CC1C(=C=C)C2. The minimum absolute atomic E-state index is 0.500. The zero-order valence-corrected chi connectivity index (χ0v) is 15.8. The van der Waals surface area contributed by atoms with Crippen LogP contribution in [0, 0.1) is 23.7 Å². The molecular weight excluding hydrogens is 316 g/mol. The number of halogens is 1. The van der Waals surface area contributed by atoms with Gasteiger partial charge in [-0.2, -0.15) is 11.1 Å². The molecule has 0 nitrogen and oxygen atoms in total. The zero-order chi connectivity index (χ0) is 16.4. The van der Waals surface area contributed by atoms with E-state index in [1.165, 1.54) is 11.1 Å². The van der Waals surface area contributed by atoms with Crippen LogP contribution in [0.5, 0.6) is 0 Å². The summed E-state index contributed by atoms with van der Waals surface area (Å²) in [6, 6.07) is 0. The zero-order valence-electron chi connectivity index (χ0n) is 14.1. The Labute approximate surface area is 145 Å². The van der Waals surface area contributed by atoms with Crippen LogP contribution in [0.1, 0.15) is 26.7 Å². The molecule has 0 aromatic heterocycles. The Morgan fingerprint density at radius 1 is 0.957 bits per heavy atom. The summed E-state index contributed by atoms with van der Waals surface area (Å²) in [5, 5.41) is 0. The predicted octanol–water partition coefficient (Wildman–Crippen LogP) is 6.16. The highest BCUT2D eigenvalue weighted by Gasteiger charge is 2.63. The van der Waals surface area contributed by atoms with Crippen molar-refractivity contribution < 1.29 is 0 Å². The lowest BCUT2D eigenvalue weighted by molar-refractivity contribution is 0.589. The van der Waals surface area contributed by atoms with Crippen LogP contribution in [-0.4, -0.2) is 7.38 Å². The van der Waals surface area contributed by atoms with Gasteiger partial charge in [0.1, 0.15) is 0 Å². The van der Waals surface area contributed by atoms with Gasteiger partial charge in [-0.3, -0.25) is 0 Å². The molecule has 0 spiro atoms. The number of hydrogen-bond donors (Lipinski definition) is 0. The van der Waals surface area contributed by atoms with E-state index < -0.39 is 7.38 Å². The van der Waals surface area contributed by atoms with Crippen molar-refractivity contribution in [3.63, 3.8) is 0 Å². The molecule has 0 aromatic carbocycles. The first kappa shape index (κ1) is 15.5. The van der Waals surface area contributed by atoms with Crippen LogP contribution in [0.3, 0.4) is 0 Å². The van der Waals surface area contributed by atoms with Crippen LogP contribution >= 0.6 is 11.1 Å². The second-order valence-electron chi connectivity index (χ2n) is 7.99. The third-order valence-electron chi connectivity index (χ3n) is 6.90. The summed E-state index contributed by atoms with van der Waals surface area (Å²) >= 11 is 7.73. The topological polar surface area (TPSA) is 0 Å². The molecular formula is C21H25ClSi. The maximum absolute atomic E-state index is 7.73. The van der Waals surface area contributed by atoms with Crippen molar-refractivity contribution in [2.45, 2.75) is 43.3 Å². The third-order valence-corrected chi connectivity index (χ3v) is 15.1. The van der Waals surface area contributed by atoms with Gasteiger partial charge in [0.15, 0.2) is 7.38 Å². The van der Waals surface area contributed by atoms with E-state index in [0.29, 0.717) is 40.3 Å². The van der Waals surface area contributed by atoms with Gasteiger partial charge in [0.05, 0.1) is 0 Å². The van der Waals surface area contributed by atoms with Gasteiger partial charge in [0.25, 0.3) is 0 Å². The molecule has 6 unspecified atom stereocenters. The van der Waals surface area contributed by atoms with Crippen molar-refractivity contribution in [2.24, 2.45) is 23.7 Å². The van der Waals surface area contributed by atoms with Crippen molar-refractivity contribution >= 4 is 18.5 Å². The van der Waals surface area contributed by atoms with E-state index in [0.717, 1.165) is 12.8 Å². The molecule has 4 aliphatic carbocycles. The van der Waals surface area contributed by atoms with E-state index in [-0.39, 0.29) is 0 Å². The van der Waals surface area contributed by atoms with E-state index in [1.807, 2.05) is 0 Å². The second kappa shape index (κ2) is 5.26. The van der Waals surface area contributed by atoms with Gasteiger partial charge < -0.3 is 0 Å². The molecule has 2 saturated carbocycles. The van der Waals surface area contributed by atoms with Gasteiger partial charge in [-0.05, 0) is 52.4 Å². The molecule has 0 N–H and O–H groups in total. The summed E-state index contributed by atoms with van der Waals surface area (Å²) in [5.41, 5.74) is 11.1. The summed E-state index contributed by atoms with van der Waals surface area (Å²) in [7, 11) is -2.03. The summed E-state index contributed by atoms with van der Waals surface area (Å²) in [6.45, 7) is 12.6. The van der Waals surface area contributed by atoms with Crippen LogP contribution in [0.2, 0.25) is 16.6 Å². The Balaban J connectivity index is 1.78. The van der Waals surface area contributed by atoms with Gasteiger partial charge >= 0.3 is 0 Å². The number of allylic oxidation sites excluding steroid dienone is 6. The highest BCUT2D eigenvalue weighted by molar-refractivity contribution is 7.22. The summed E-state index contributed by atoms with van der Waals surface area (Å²) in [4.78, 5) is 0. The molecule has 0 amide bonds. The van der Waals surface area contributed by atoms with Crippen molar-refractivity contribution in [1.29, 1.82) is 0 Å². The molecule has 4 rings (SSSR count). The van der Waals surface area contributed by atoms with Crippen LogP contribution in [0.15, 0.2) is 60.1 Å². The average Bonchev–Trinajstić information content (AvgIpc) is 3.31. The van der Waals surface area contributed by atoms with E-state index in [9.17, 15) is 0 Å². The van der Waals surface area contributed by atoms with Gasteiger partial charge in [0.2, 0.25) is 0 Å². The monoisotopic (exact) mass is 340 g/mol. The highest BCUT2D eigenvalue weighted by Crippen LogP contribution is 2.68. The quantitative estimate of drug-likeness (QED) is 0.250. The molecule has 0 aliphatic heterocycles. The Bertz CT molecular complexity index is 645. The second-order valence-corrected chi connectivity index (χ2v) is 14.1. The summed E-state index contributed by atoms with van der Waals surface area (Å²) < 4.78 is 0. The molecule has 120 valence electrons. The Kier molecular flexibility index (Phi) is 3.56. The molecule has 4 aliphatic rings. The van der Waals surface area contributed by atoms with Crippen LogP contribution in [0.4, 0.5) is 0 Å². The number of hydrogen-bond acceptors (Lipinski definition) is 0. The predicted molar refractivity (Wildman–Crippen MR) is 101 cm³/mol. The Hall–Kier alpha value is -0.973. The minimum atomic E-state index is -2.03. The standard InChI is InChI=1S/C21H25ClSi/c1-5-14-11-16-7-9-18(14)20(16)23(22,13(3)4)21-17-8-10-19(21)15(6-2)12-17/h7-10,13,16-21H,1-2,11-12H2,3-4H3.